The quantitative estimate of drug-likeness (QED) is 0.159. The minimum atomic E-state index is -0.668. The second kappa shape index (κ2) is 15.3. The second-order valence-electron chi connectivity index (χ2n) is 14.8. The number of hydrogen-bond acceptors (Lipinski definition) is 11. The summed E-state index contributed by atoms with van der Waals surface area (Å²) in [5.74, 6) is -0.795. The van der Waals surface area contributed by atoms with E-state index in [0.717, 1.165) is 62.3 Å². The van der Waals surface area contributed by atoms with Gasteiger partial charge in [0.1, 0.15) is 28.9 Å². The van der Waals surface area contributed by atoms with Crippen LogP contribution in [-0.2, 0) is 22.7 Å². The van der Waals surface area contributed by atoms with Crippen LogP contribution in [0.2, 0.25) is 0 Å². The maximum Gasteiger partial charge on any atom is 0.255 e. The van der Waals surface area contributed by atoms with E-state index in [0.29, 0.717) is 42.2 Å². The van der Waals surface area contributed by atoms with Gasteiger partial charge in [0.2, 0.25) is 17.8 Å². The van der Waals surface area contributed by atoms with Crippen LogP contribution in [0, 0.1) is 18.6 Å². The third-order valence-electron chi connectivity index (χ3n) is 10.7. The van der Waals surface area contributed by atoms with Crippen LogP contribution in [0.3, 0.4) is 0 Å². The summed E-state index contributed by atoms with van der Waals surface area (Å²) in [5.41, 5.74) is 4.49. The van der Waals surface area contributed by atoms with Crippen molar-refractivity contribution in [2.45, 2.75) is 58.8 Å². The molecule has 1 unspecified atom stereocenters. The molecule has 8 rings (SSSR count). The largest absolute Gasteiger partial charge is 0.383 e. The Morgan fingerprint density at radius 1 is 0.946 bits per heavy atom. The predicted octanol–water partition coefficient (Wildman–Crippen LogP) is 4.79. The predicted molar refractivity (Wildman–Crippen MR) is 206 cm³/mol. The van der Waals surface area contributed by atoms with Gasteiger partial charge in [0.05, 0.1) is 11.7 Å². The number of imidazole rings is 1. The molecule has 290 valence electrons. The molecular weight excluding hydrogens is 721 g/mol. The first-order chi connectivity index (χ1) is 27.0. The van der Waals surface area contributed by atoms with Crippen molar-refractivity contribution in [1.82, 2.24) is 44.5 Å². The lowest BCUT2D eigenvalue weighted by Gasteiger charge is -2.34. The van der Waals surface area contributed by atoms with E-state index in [1.165, 1.54) is 6.07 Å². The molecule has 3 aromatic heterocycles. The van der Waals surface area contributed by atoms with Crippen molar-refractivity contribution in [2.75, 3.05) is 49.9 Å². The molecule has 0 aliphatic carbocycles. The van der Waals surface area contributed by atoms with Crippen molar-refractivity contribution in [3.05, 3.63) is 89.0 Å². The molecule has 3 N–H and O–H groups in total. The van der Waals surface area contributed by atoms with E-state index < -0.39 is 23.6 Å². The summed E-state index contributed by atoms with van der Waals surface area (Å²) in [7, 11) is 0. The van der Waals surface area contributed by atoms with Gasteiger partial charge in [-0.15, -0.1) is 0 Å². The van der Waals surface area contributed by atoms with Gasteiger partial charge < -0.3 is 20.1 Å². The molecule has 16 heteroatoms. The number of rotatable bonds is 11. The molecule has 2 fully saturated rings. The van der Waals surface area contributed by atoms with Crippen LogP contribution in [0.5, 0.6) is 0 Å². The molecule has 3 amide bonds. The van der Waals surface area contributed by atoms with E-state index in [-0.39, 0.29) is 47.0 Å². The van der Waals surface area contributed by atoms with Gasteiger partial charge in [0, 0.05) is 93.4 Å². The molecule has 5 aromatic rings. The number of piperazine rings is 1. The molecule has 56 heavy (non-hydrogen) atoms. The molecular formula is C40H43F2N11O3. The summed E-state index contributed by atoms with van der Waals surface area (Å²) >= 11 is 0. The number of imide groups is 1. The number of fused-ring (bicyclic) bond motifs is 2. The Morgan fingerprint density at radius 2 is 1.75 bits per heavy atom. The van der Waals surface area contributed by atoms with Crippen molar-refractivity contribution in [3.63, 3.8) is 0 Å². The van der Waals surface area contributed by atoms with Gasteiger partial charge in [0.25, 0.3) is 5.91 Å². The number of halogens is 2. The lowest BCUT2D eigenvalue weighted by Crippen LogP contribution is -2.52. The molecule has 14 nitrogen and oxygen atoms in total. The zero-order chi connectivity index (χ0) is 39.1. The SMILES string of the molecule is Cc1nc2c(F)cc(-c3nc(Nc4ccc(CN5CCN(CCNc6cccc7c6CN(C6CCC(=O)NC6=O)C7=O)CC5)cn4)ncc3F)cc2n1C(C)C. The molecule has 2 saturated heterocycles. The number of hydrogen-bond donors (Lipinski definition) is 3. The summed E-state index contributed by atoms with van der Waals surface area (Å²) < 4.78 is 32.0. The average molecular weight is 764 g/mol. The van der Waals surface area contributed by atoms with Gasteiger partial charge in [-0.25, -0.2) is 28.7 Å². The fourth-order valence-electron chi connectivity index (χ4n) is 7.92. The number of nitrogens with zero attached hydrogens (tertiary/aromatic N) is 8. The molecule has 0 bridgehead atoms. The summed E-state index contributed by atoms with van der Waals surface area (Å²) in [5, 5.41) is 8.91. The number of carbonyl (C=O) groups is 3. The van der Waals surface area contributed by atoms with Crippen molar-refractivity contribution in [3.8, 4) is 11.3 Å². The van der Waals surface area contributed by atoms with Gasteiger partial charge in [-0.2, -0.15) is 0 Å². The Bertz CT molecular complexity index is 2320. The van der Waals surface area contributed by atoms with Gasteiger partial charge in [-0.1, -0.05) is 12.1 Å². The van der Waals surface area contributed by atoms with Crippen LogP contribution in [0.25, 0.3) is 22.3 Å². The number of carbonyl (C=O) groups excluding carboxylic acids is 3. The topological polar surface area (TPSA) is 154 Å². The fraction of sp³-hybridized carbons (Fsp3) is 0.375. The molecule has 3 aliphatic heterocycles. The second-order valence-corrected chi connectivity index (χ2v) is 14.8. The number of pyridine rings is 1. The van der Waals surface area contributed by atoms with Crippen molar-refractivity contribution >= 4 is 46.2 Å². The maximum absolute atomic E-state index is 15.1. The first-order valence-corrected chi connectivity index (χ1v) is 18.9. The van der Waals surface area contributed by atoms with E-state index >= 15 is 8.78 Å². The van der Waals surface area contributed by atoms with Crippen LogP contribution in [0.1, 0.15) is 60.0 Å². The zero-order valence-corrected chi connectivity index (χ0v) is 31.5. The van der Waals surface area contributed by atoms with Gasteiger partial charge in [-0.05, 0) is 63.1 Å². The minimum absolute atomic E-state index is 0.0255. The molecule has 0 spiro atoms. The highest BCUT2D eigenvalue weighted by Crippen LogP contribution is 2.33. The molecule has 1 atom stereocenters. The van der Waals surface area contributed by atoms with E-state index in [4.69, 9.17) is 0 Å². The normalized spacial score (nSPS) is 17.9. The summed E-state index contributed by atoms with van der Waals surface area (Å²) in [6, 6.07) is 11.8. The Kier molecular flexibility index (Phi) is 10.2. The molecule has 2 aromatic carbocycles. The third-order valence-corrected chi connectivity index (χ3v) is 10.7. The third kappa shape index (κ3) is 7.41. The zero-order valence-electron chi connectivity index (χ0n) is 31.5. The smallest absolute Gasteiger partial charge is 0.255 e. The van der Waals surface area contributed by atoms with Crippen molar-refractivity contribution in [1.29, 1.82) is 0 Å². The highest BCUT2D eigenvalue weighted by molar-refractivity contribution is 6.06. The average Bonchev–Trinajstić information content (AvgIpc) is 3.70. The number of piperidine rings is 1. The highest BCUT2D eigenvalue weighted by atomic mass is 19.1. The molecule has 3 aliphatic rings. The van der Waals surface area contributed by atoms with Crippen LogP contribution in [-0.4, -0.2) is 102 Å². The van der Waals surface area contributed by atoms with Gasteiger partial charge in [0.15, 0.2) is 11.6 Å². The number of nitrogens with one attached hydrogen (secondary N) is 3. The number of amides is 3. The molecule has 0 saturated carbocycles. The van der Waals surface area contributed by atoms with Gasteiger partial charge in [-0.3, -0.25) is 29.5 Å². The lowest BCUT2D eigenvalue weighted by molar-refractivity contribution is -0.136. The number of benzene rings is 2. The number of anilines is 3. The summed E-state index contributed by atoms with van der Waals surface area (Å²) in [4.78, 5) is 61.0. The monoisotopic (exact) mass is 763 g/mol. The fourth-order valence-corrected chi connectivity index (χ4v) is 7.92. The number of aromatic nitrogens is 5. The standard InChI is InChI=1S/C40H43F2N11O3/c1-23(2)53-24(3)46-37-29(41)17-26(18-33(37)53)36-30(42)20-45-40(49-36)47-34-9-7-25(19-44-34)21-51-15-13-50(14-16-51)12-11-43-31-6-4-5-27-28(31)22-52(39(27)56)32-8-10-35(54)48-38(32)55/h4-7,9,17-20,23,32,43H,8,10-16,21-22H2,1-3H3,(H,48,54,55)(H,44,45,47,49). The Hall–Kier alpha value is -5.87. The van der Waals surface area contributed by atoms with E-state index in [9.17, 15) is 14.4 Å². The van der Waals surface area contributed by atoms with Crippen LogP contribution in [0.4, 0.5) is 26.2 Å². The Labute approximate surface area is 322 Å². The maximum atomic E-state index is 15.1. The highest BCUT2D eigenvalue weighted by Gasteiger charge is 2.40. The van der Waals surface area contributed by atoms with Crippen LogP contribution >= 0.6 is 0 Å². The van der Waals surface area contributed by atoms with Crippen molar-refractivity contribution in [2.24, 2.45) is 0 Å². The Morgan fingerprint density at radius 3 is 2.50 bits per heavy atom. The first-order valence-electron chi connectivity index (χ1n) is 18.9. The van der Waals surface area contributed by atoms with Crippen molar-refractivity contribution < 1.29 is 23.2 Å². The molecule has 0 radical (unpaired) electrons. The number of aryl methyl sites for hydroxylation is 1. The lowest BCUT2D eigenvalue weighted by atomic mass is 10.0. The summed E-state index contributed by atoms with van der Waals surface area (Å²) in [6.07, 6.45) is 3.42. The van der Waals surface area contributed by atoms with Crippen LogP contribution in [0.15, 0.2) is 54.9 Å². The first kappa shape index (κ1) is 37.1. The van der Waals surface area contributed by atoms with Crippen LogP contribution < -0.4 is 16.0 Å². The van der Waals surface area contributed by atoms with E-state index in [1.807, 2.05) is 49.6 Å². The molecule has 6 heterocycles. The Balaban J connectivity index is 0.823. The minimum Gasteiger partial charge on any atom is -0.383 e. The van der Waals surface area contributed by atoms with Gasteiger partial charge >= 0.3 is 0 Å². The van der Waals surface area contributed by atoms with E-state index in [1.54, 1.807) is 23.2 Å². The van der Waals surface area contributed by atoms with E-state index in [2.05, 4.69) is 45.7 Å². The summed E-state index contributed by atoms with van der Waals surface area (Å²) in [6.45, 7) is 12.0.